The van der Waals surface area contributed by atoms with E-state index in [0.29, 0.717) is 35.7 Å². The first-order valence-electron chi connectivity index (χ1n) is 10.6. The van der Waals surface area contributed by atoms with Crippen LogP contribution < -0.4 is 15.4 Å². The van der Waals surface area contributed by atoms with Crippen molar-refractivity contribution < 1.29 is 26.3 Å². The van der Waals surface area contributed by atoms with Crippen LogP contribution in [0.15, 0.2) is 46.3 Å². The molecule has 1 aliphatic rings. The molecule has 0 spiro atoms. The van der Waals surface area contributed by atoms with E-state index < -0.39 is 28.4 Å². The Hall–Kier alpha value is -2.66. The summed E-state index contributed by atoms with van der Waals surface area (Å²) in [7, 11) is -3.45. The number of nitrogens with one attached hydrogen (secondary N) is 2. The normalized spacial score (nSPS) is 16.0. The maximum absolute atomic E-state index is 12.8. The molecule has 184 valence electrons. The van der Waals surface area contributed by atoms with Crippen LogP contribution in [-0.2, 0) is 16.3 Å². The SMILES string of the molecule is CC(C)Oc1ccc(S(C)(=O)=O)cc1NC(=S)Nc1cccc2c1CCC(CC(F)(F)F)C=N2. The fraction of sp³-hybridized carbons (Fsp3) is 0.391. The highest BCUT2D eigenvalue weighted by Crippen LogP contribution is 2.35. The molecule has 0 saturated carbocycles. The summed E-state index contributed by atoms with van der Waals surface area (Å²) >= 11 is 5.45. The molecule has 1 aliphatic heterocycles. The van der Waals surface area contributed by atoms with Crippen LogP contribution >= 0.6 is 12.2 Å². The van der Waals surface area contributed by atoms with Gasteiger partial charge in [-0.3, -0.25) is 4.99 Å². The van der Waals surface area contributed by atoms with Crippen LogP contribution in [0.1, 0.15) is 32.3 Å². The molecule has 34 heavy (non-hydrogen) atoms. The van der Waals surface area contributed by atoms with Crippen LogP contribution in [0.5, 0.6) is 5.75 Å². The minimum absolute atomic E-state index is 0.104. The number of hydrogen-bond donors (Lipinski definition) is 2. The van der Waals surface area contributed by atoms with Gasteiger partial charge in [0.25, 0.3) is 0 Å². The Labute approximate surface area is 202 Å². The molecule has 0 saturated heterocycles. The van der Waals surface area contributed by atoms with Gasteiger partial charge in [-0.2, -0.15) is 13.2 Å². The summed E-state index contributed by atoms with van der Waals surface area (Å²) in [6.07, 6.45) is -2.15. The lowest BCUT2D eigenvalue weighted by Crippen LogP contribution is -2.21. The second-order valence-electron chi connectivity index (χ2n) is 8.38. The zero-order valence-corrected chi connectivity index (χ0v) is 20.6. The maximum atomic E-state index is 12.8. The average molecular weight is 514 g/mol. The van der Waals surface area contributed by atoms with Gasteiger partial charge < -0.3 is 15.4 Å². The molecule has 0 radical (unpaired) electrons. The quantitative estimate of drug-likeness (QED) is 0.468. The van der Waals surface area contributed by atoms with Gasteiger partial charge in [0.05, 0.1) is 28.8 Å². The van der Waals surface area contributed by atoms with Crippen molar-refractivity contribution in [1.29, 1.82) is 0 Å². The summed E-state index contributed by atoms with van der Waals surface area (Å²) in [6, 6.07) is 9.71. The number of benzene rings is 2. The topological polar surface area (TPSA) is 79.8 Å². The second kappa shape index (κ2) is 10.3. The standard InChI is InChI=1S/C23H26F3N3O3S2/c1-14(2)32-21-10-8-16(34(3,30)31)11-20(21)29-22(33)28-19-6-4-5-18-17(19)9-7-15(13-27-18)12-23(24,25)26/h4-6,8,10-11,13-15H,7,9,12H2,1-3H3,(H2,28,29,33). The number of aliphatic imine (C=N–C) groups is 1. The van der Waals surface area contributed by atoms with Crippen molar-refractivity contribution >= 4 is 50.4 Å². The predicted octanol–water partition coefficient (Wildman–Crippen LogP) is 5.90. The Bertz CT molecular complexity index is 1200. The zero-order chi connectivity index (χ0) is 25.1. The van der Waals surface area contributed by atoms with Gasteiger partial charge in [-0.15, -0.1) is 0 Å². The van der Waals surface area contributed by atoms with Crippen molar-refractivity contribution in [2.75, 3.05) is 16.9 Å². The minimum Gasteiger partial charge on any atom is -0.489 e. The van der Waals surface area contributed by atoms with Crippen molar-refractivity contribution in [3.05, 3.63) is 42.0 Å². The average Bonchev–Trinajstić information content (AvgIpc) is 2.90. The maximum Gasteiger partial charge on any atom is 0.389 e. The summed E-state index contributed by atoms with van der Waals surface area (Å²) in [4.78, 5) is 4.38. The van der Waals surface area contributed by atoms with E-state index in [1.54, 1.807) is 24.3 Å². The molecule has 3 rings (SSSR count). The largest absolute Gasteiger partial charge is 0.489 e. The van der Waals surface area contributed by atoms with Crippen molar-refractivity contribution in [3.8, 4) is 5.75 Å². The third-order valence-electron chi connectivity index (χ3n) is 5.07. The van der Waals surface area contributed by atoms with Gasteiger partial charge in [-0.25, -0.2) is 8.42 Å². The predicted molar refractivity (Wildman–Crippen MR) is 132 cm³/mol. The van der Waals surface area contributed by atoms with Crippen molar-refractivity contribution in [1.82, 2.24) is 0 Å². The number of sulfone groups is 1. The molecule has 0 bridgehead atoms. The first-order chi connectivity index (χ1) is 15.8. The van der Waals surface area contributed by atoms with Crippen LogP contribution in [0.2, 0.25) is 0 Å². The molecule has 1 heterocycles. The number of rotatable bonds is 6. The first kappa shape index (κ1) is 26.0. The van der Waals surface area contributed by atoms with E-state index in [0.717, 1.165) is 11.8 Å². The molecule has 0 aromatic heterocycles. The fourth-order valence-corrected chi connectivity index (χ4v) is 4.45. The molecule has 2 aromatic carbocycles. The number of halogens is 3. The highest BCUT2D eigenvalue weighted by atomic mass is 32.2. The lowest BCUT2D eigenvalue weighted by molar-refractivity contribution is -0.139. The van der Waals surface area contributed by atoms with Gasteiger partial charge in [0.2, 0.25) is 0 Å². The number of anilines is 2. The number of alkyl halides is 3. The molecule has 11 heteroatoms. The number of nitrogens with zero attached hydrogens (tertiary/aromatic N) is 1. The van der Waals surface area contributed by atoms with Crippen LogP contribution in [0.3, 0.4) is 0 Å². The van der Waals surface area contributed by atoms with E-state index in [-0.39, 0.29) is 16.1 Å². The Morgan fingerprint density at radius 3 is 2.56 bits per heavy atom. The third-order valence-corrected chi connectivity index (χ3v) is 6.39. The van der Waals surface area contributed by atoms with E-state index >= 15 is 0 Å². The Kier molecular flexibility index (Phi) is 7.87. The molecule has 2 aromatic rings. The summed E-state index contributed by atoms with van der Waals surface area (Å²) < 4.78 is 68.2. The van der Waals surface area contributed by atoms with Crippen LogP contribution in [0.4, 0.5) is 30.2 Å². The number of ether oxygens (including phenoxy) is 1. The minimum atomic E-state index is -4.25. The van der Waals surface area contributed by atoms with Gasteiger partial charge >= 0.3 is 6.18 Å². The summed E-state index contributed by atoms with van der Waals surface area (Å²) in [5.74, 6) is -0.266. The first-order valence-corrected chi connectivity index (χ1v) is 12.9. The van der Waals surface area contributed by atoms with Crippen molar-refractivity contribution in [2.24, 2.45) is 10.9 Å². The molecule has 0 amide bonds. The smallest absolute Gasteiger partial charge is 0.389 e. The highest BCUT2D eigenvalue weighted by Gasteiger charge is 2.32. The number of hydrogen-bond acceptors (Lipinski definition) is 5. The van der Waals surface area contributed by atoms with Gasteiger partial charge in [0.1, 0.15) is 5.75 Å². The molecule has 0 fully saturated rings. The van der Waals surface area contributed by atoms with Crippen LogP contribution in [0, 0.1) is 5.92 Å². The lowest BCUT2D eigenvalue weighted by atomic mass is 9.97. The zero-order valence-electron chi connectivity index (χ0n) is 18.9. The Balaban J connectivity index is 1.81. The Morgan fingerprint density at radius 2 is 1.91 bits per heavy atom. The van der Waals surface area contributed by atoms with Gasteiger partial charge in [-0.05, 0) is 69.2 Å². The van der Waals surface area contributed by atoms with Gasteiger partial charge in [-0.1, -0.05) is 6.07 Å². The fourth-order valence-electron chi connectivity index (χ4n) is 3.59. The van der Waals surface area contributed by atoms with E-state index in [1.807, 2.05) is 13.8 Å². The van der Waals surface area contributed by atoms with E-state index in [2.05, 4.69) is 15.6 Å². The molecule has 2 N–H and O–H groups in total. The summed E-state index contributed by atoms with van der Waals surface area (Å²) in [5.41, 5.74) is 2.33. The number of thiocarbonyl (C=S) groups is 1. The molecule has 1 atom stereocenters. The van der Waals surface area contributed by atoms with E-state index in [1.165, 1.54) is 18.3 Å². The second-order valence-corrected chi connectivity index (χ2v) is 10.8. The van der Waals surface area contributed by atoms with Crippen molar-refractivity contribution in [3.63, 3.8) is 0 Å². The monoisotopic (exact) mass is 513 g/mol. The van der Waals surface area contributed by atoms with E-state index in [9.17, 15) is 21.6 Å². The molecular formula is C23H26F3N3O3S2. The van der Waals surface area contributed by atoms with Gasteiger partial charge in [0, 0.05) is 29.6 Å². The number of fused-ring (bicyclic) bond motifs is 1. The molecule has 6 nitrogen and oxygen atoms in total. The highest BCUT2D eigenvalue weighted by molar-refractivity contribution is 7.90. The molecule has 1 unspecified atom stereocenters. The van der Waals surface area contributed by atoms with Crippen LogP contribution in [-0.4, -0.2) is 38.3 Å². The van der Waals surface area contributed by atoms with Gasteiger partial charge in [0.15, 0.2) is 14.9 Å². The molecule has 0 aliphatic carbocycles. The Morgan fingerprint density at radius 1 is 1.21 bits per heavy atom. The summed E-state index contributed by atoms with van der Waals surface area (Å²) in [6.45, 7) is 3.69. The van der Waals surface area contributed by atoms with Crippen LogP contribution in [0.25, 0.3) is 0 Å². The third kappa shape index (κ3) is 7.17. The lowest BCUT2D eigenvalue weighted by Gasteiger charge is -2.19. The van der Waals surface area contributed by atoms with E-state index in [4.69, 9.17) is 17.0 Å². The summed E-state index contributed by atoms with van der Waals surface area (Å²) in [5, 5.41) is 6.22. The molecular weight excluding hydrogens is 487 g/mol. The van der Waals surface area contributed by atoms with Crippen molar-refractivity contribution in [2.45, 2.75) is 50.3 Å².